The number of hydrogen-bond donors (Lipinski definition) is 3. The molecule has 3 heterocycles. The lowest BCUT2D eigenvalue weighted by Crippen LogP contribution is -2.47. The average molecular weight is 446 g/mol. The van der Waals surface area contributed by atoms with Crippen molar-refractivity contribution in [2.24, 2.45) is 5.92 Å². The SMILES string of the molecule is CC1(C)C[C@@H](C(=O)NC(CCCCCCCc2ccc3c(n2)NCCC3)C(=O)O)CCO1. The number of pyridine rings is 1. The van der Waals surface area contributed by atoms with Crippen molar-refractivity contribution in [2.75, 3.05) is 18.5 Å². The summed E-state index contributed by atoms with van der Waals surface area (Å²) in [5.74, 6) is -0.217. The van der Waals surface area contributed by atoms with Crippen molar-refractivity contribution in [1.29, 1.82) is 0 Å². The molecule has 0 saturated carbocycles. The van der Waals surface area contributed by atoms with Crippen molar-refractivity contribution in [3.8, 4) is 0 Å². The maximum absolute atomic E-state index is 12.6. The number of hydrogen-bond acceptors (Lipinski definition) is 5. The molecule has 7 heteroatoms. The lowest BCUT2D eigenvalue weighted by Gasteiger charge is -2.35. The molecule has 178 valence electrons. The lowest BCUT2D eigenvalue weighted by molar-refractivity contribution is -0.145. The van der Waals surface area contributed by atoms with Gasteiger partial charge in [0.05, 0.1) is 5.60 Å². The summed E-state index contributed by atoms with van der Waals surface area (Å²) in [5.41, 5.74) is 2.13. The van der Waals surface area contributed by atoms with E-state index in [1.54, 1.807) is 0 Å². The normalized spacial score (nSPS) is 20.6. The van der Waals surface area contributed by atoms with E-state index in [1.165, 1.54) is 12.0 Å². The lowest BCUT2D eigenvalue weighted by atomic mass is 9.87. The van der Waals surface area contributed by atoms with Crippen molar-refractivity contribution < 1.29 is 19.4 Å². The Balaban J connectivity index is 1.31. The van der Waals surface area contributed by atoms with Gasteiger partial charge in [-0.25, -0.2) is 9.78 Å². The maximum atomic E-state index is 12.6. The maximum Gasteiger partial charge on any atom is 0.326 e. The van der Waals surface area contributed by atoms with Crippen LogP contribution < -0.4 is 10.6 Å². The number of amides is 1. The van der Waals surface area contributed by atoms with Gasteiger partial charge < -0.3 is 20.5 Å². The first-order valence-electron chi connectivity index (χ1n) is 12.2. The van der Waals surface area contributed by atoms with Gasteiger partial charge in [-0.2, -0.15) is 0 Å². The fraction of sp³-hybridized carbons (Fsp3) is 0.720. The first-order chi connectivity index (χ1) is 15.3. The largest absolute Gasteiger partial charge is 0.480 e. The minimum atomic E-state index is -0.947. The Morgan fingerprint density at radius 1 is 1.25 bits per heavy atom. The van der Waals surface area contributed by atoms with Crippen LogP contribution in [0, 0.1) is 5.92 Å². The summed E-state index contributed by atoms with van der Waals surface area (Å²) in [7, 11) is 0. The first kappa shape index (κ1) is 24.5. The highest BCUT2D eigenvalue weighted by atomic mass is 16.5. The van der Waals surface area contributed by atoms with E-state index in [9.17, 15) is 14.7 Å². The summed E-state index contributed by atoms with van der Waals surface area (Å²) in [6, 6.07) is 3.54. The summed E-state index contributed by atoms with van der Waals surface area (Å²) in [6.07, 6.45) is 10.1. The highest BCUT2D eigenvalue weighted by Gasteiger charge is 2.34. The average Bonchev–Trinajstić information content (AvgIpc) is 2.76. The minimum absolute atomic E-state index is 0.152. The van der Waals surface area contributed by atoms with E-state index < -0.39 is 12.0 Å². The van der Waals surface area contributed by atoms with E-state index in [-0.39, 0.29) is 17.4 Å². The van der Waals surface area contributed by atoms with Gasteiger partial charge in [0, 0.05) is 24.8 Å². The molecule has 0 aromatic carbocycles. The molecule has 3 rings (SSSR count). The minimum Gasteiger partial charge on any atom is -0.480 e. The van der Waals surface area contributed by atoms with Gasteiger partial charge in [0.15, 0.2) is 0 Å². The highest BCUT2D eigenvalue weighted by Crippen LogP contribution is 2.28. The number of rotatable bonds is 11. The molecule has 0 radical (unpaired) electrons. The van der Waals surface area contributed by atoms with E-state index in [4.69, 9.17) is 9.72 Å². The molecule has 1 aromatic rings. The highest BCUT2D eigenvalue weighted by molar-refractivity contribution is 5.85. The van der Waals surface area contributed by atoms with Crippen LogP contribution in [0.5, 0.6) is 0 Å². The molecule has 1 unspecified atom stereocenters. The number of aliphatic carboxylic acids is 1. The number of ether oxygens (including phenoxy) is 1. The number of carbonyl (C=O) groups is 2. The van der Waals surface area contributed by atoms with E-state index in [0.29, 0.717) is 25.9 Å². The summed E-state index contributed by atoms with van der Waals surface area (Å²) in [4.78, 5) is 28.9. The molecule has 2 aliphatic heterocycles. The Kier molecular flexibility index (Phi) is 8.91. The Labute approximate surface area is 191 Å². The van der Waals surface area contributed by atoms with E-state index in [0.717, 1.165) is 63.0 Å². The second-order valence-corrected chi connectivity index (χ2v) is 9.84. The summed E-state index contributed by atoms with van der Waals surface area (Å²) in [6.45, 7) is 5.49. The van der Waals surface area contributed by atoms with Crippen LogP contribution in [-0.2, 0) is 27.2 Å². The number of aryl methyl sites for hydroxylation is 2. The van der Waals surface area contributed by atoms with Crippen LogP contribution in [0.15, 0.2) is 12.1 Å². The molecule has 7 nitrogen and oxygen atoms in total. The molecule has 1 amide bonds. The molecule has 1 fully saturated rings. The van der Waals surface area contributed by atoms with Crippen LogP contribution in [0.25, 0.3) is 0 Å². The van der Waals surface area contributed by atoms with Crippen molar-refractivity contribution in [3.05, 3.63) is 23.4 Å². The number of anilines is 1. The molecule has 0 spiro atoms. The number of carbonyl (C=O) groups excluding carboxylic acids is 1. The monoisotopic (exact) mass is 445 g/mol. The van der Waals surface area contributed by atoms with Gasteiger partial charge in [-0.1, -0.05) is 31.7 Å². The van der Waals surface area contributed by atoms with Crippen molar-refractivity contribution >= 4 is 17.7 Å². The predicted octanol–water partition coefficient (Wildman–Crippen LogP) is 4.10. The van der Waals surface area contributed by atoms with E-state index in [1.807, 2.05) is 13.8 Å². The third kappa shape index (κ3) is 7.47. The second kappa shape index (κ2) is 11.6. The molecule has 3 N–H and O–H groups in total. The smallest absolute Gasteiger partial charge is 0.326 e. The molecule has 1 aromatic heterocycles. The number of fused-ring (bicyclic) bond motifs is 1. The number of carboxylic acids is 1. The Hall–Kier alpha value is -2.15. The van der Waals surface area contributed by atoms with Crippen LogP contribution in [0.3, 0.4) is 0 Å². The zero-order valence-electron chi connectivity index (χ0n) is 19.6. The molecule has 32 heavy (non-hydrogen) atoms. The van der Waals surface area contributed by atoms with Crippen molar-refractivity contribution in [1.82, 2.24) is 10.3 Å². The first-order valence-corrected chi connectivity index (χ1v) is 12.2. The van der Waals surface area contributed by atoms with Gasteiger partial charge in [0.2, 0.25) is 5.91 Å². The van der Waals surface area contributed by atoms with Crippen LogP contribution >= 0.6 is 0 Å². The number of unbranched alkanes of at least 4 members (excludes halogenated alkanes) is 4. The molecule has 2 aliphatic rings. The molecular formula is C25H39N3O4. The van der Waals surface area contributed by atoms with E-state index in [2.05, 4.69) is 22.8 Å². The molecule has 1 saturated heterocycles. The fourth-order valence-electron chi connectivity index (χ4n) is 4.70. The summed E-state index contributed by atoms with van der Waals surface area (Å²) >= 11 is 0. The zero-order chi connectivity index (χ0) is 23.0. The molecular weight excluding hydrogens is 406 g/mol. The topological polar surface area (TPSA) is 101 Å². The Bertz CT molecular complexity index is 780. The van der Waals surface area contributed by atoms with Gasteiger partial charge in [-0.05, 0) is 70.4 Å². The molecule has 0 aliphatic carbocycles. The predicted molar refractivity (Wildman–Crippen MR) is 125 cm³/mol. The fourth-order valence-corrected chi connectivity index (χ4v) is 4.70. The second-order valence-electron chi connectivity index (χ2n) is 9.84. The van der Waals surface area contributed by atoms with Gasteiger partial charge >= 0.3 is 5.97 Å². The molecule has 2 atom stereocenters. The third-order valence-electron chi connectivity index (χ3n) is 6.56. The number of nitrogens with zero attached hydrogens (tertiary/aromatic N) is 1. The number of nitrogens with one attached hydrogen (secondary N) is 2. The third-order valence-corrected chi connectivity index (χ3v) is 6.56. The number of aromatic nitrogens is 1. The standard InChI is InChI=1S/C25H39N3O4/c1-25(2)17-19(14-16-32-25)23(29)28-21(24(30)31)11-7-5-3-4-6-10-20-13-12-18-9-8-15-26-22(18)27-20/h12-13,19,21H,3-11,14-17H2,1-2H3,(H,26,27)(H,28,29)(H,30,31)/t19-,21?/m0/s1. The van der Waals surface area contributed by atoms with Crippen LogP contribution in [0.2, 0.25) is 0 Å². The van der Waals surface area contributed by atoms with Crippen molar-refractivity contribution in [2.45, 2.75) is 96.1 Å². The summed E-state index contributed by atoms with van der Waals surface area (Å²) in [5, 5.41) is 15.7. The van der Waals surface area contributed by atoms with Crippen LogP contribution in [0.1, 0.15) is 82.9 Å². The van der Waals surface area contributed by atoms with Crippen molar-refractivity contribution in [3.63, 3.8) is 0 Å². The van der Waals surface area contributed by atoms with Gasteiger partial charge in [0.1, 0.15) is 11.9 Å². The van der Waals surface area contributed by atoms with Gasteiger partial charge in [0.25, 0.3) is 0 Å². The van der Waals surface area contributed by atoms with Crippen LogP contribution in [-0.4, -0.2) is 46.8 Å². The van der Waals surface area contributed by atoms with Gasteiger partial charge in [-0.3, -0.25) is 4.79 Å². The van der Waals surface area contributed by atoms with Gasteiger partial charge in [-0.15, -0.1) is 0 Å². The zero-order valence-corrected chi connectivity index (χ0v) is 19.6. The van der Waals surface area contributed by atoms with E-state index >= 15 is 0 Å². The summed E-state index contributed by atoms with van der Waals surface area (Å²) < 4.78 is 5.66. The Morgan fingerprint density at radius 2 is 2.03 bits per heavy atom. The molecule has 0 bridgehead atoms. The number of carboxylic acid groups (broad SMARTS) is 1. The quantitative estimate of drug-likeness (QED) is 0.444. The Morgan fingerprint density at radius 3 is 2.81 bits per heavy atom. The van der Waals surface area contributed by atoms with Crippen LogP contribution in [0.4, 0.5) is 5.82 Å².